The van der Waals surface area contributed by atoms with Gasteiger partial charge in [0.05, 0.1) is 6.04 Å². The molecular weight excluding hydrogens is 1240 g/mol. The number of aromatic amines is 2. The van der Waals surface area contributed by atoms with Gasteiger partial charge in [-0.2, -0.15) is 0 Å². The van der Waals surface area contributed by atoms with Gasteiger partial charge in [-0.15, -0.1) is 0 Å². The molecule has 0 fully saturated rings. The monoisotopic (exact) mass is 1340 g/mol. The minimum atomic E-state index is -1.50. The summed E-state index contributed by atoms with van der Waals surface area (Å²) in [6.45, 7) is 7.86. The average Bonchev–Trinajstić information content (AvgIpc) is 1.65. The molecule has 32 heteroatoms. The number of nitrogens with one attached hydrogen (secondary N) is 10. The SMILES string of the molecule is CC[C@H](C)[C@H](N)C(=O)N[C@@H](Cc1c[nH]c2ccccc12)C(=O)N[C@@H](CCCCN)C(=O)N[C@@H](CCCN=C(N)N)C(=O)N[C@@H](Cc1c[nH]c2ccccc12)C(=O)N[C@@H](CCCN=C(N)N)C(=O)N[C@@H](CCCCN)C(=O)N[C@@H](CCCN=C(N)N)C(=O)N[C@@H](CC(C)C)C(=O)O. The quantitative estimate of drug-likeness (QED) is 0.0132. The van der Waals surface area contributed by atoms with Crippen LogP contribution >= 0.6 is 0 Å². The number of amides is 8. The summed E-state index contributed by atoms with van der Waals surface area (Å²) < 4.78 is 0. The van der Waals surface area contributed by atoms with E-state index >= 15 is 9.59 Å². The second kappa shape index (κ2) is 41.3. The Morgan fingerprint density at radius 3 is 1.05 bits per heavy atom. The first-order valence-corrected chi connectivity index (χ1v) is 32.8. The Kier molecular flexibility index (Phi) is 33.9. The average molecular weight is 1340 g/mol. The van der Waals surface area contributed by atoms with Crippen LogP contribution in [0.25, 0.3) is 21.8 Å². The van der Waals surface area contributed by atoms with Gasteiger partial charge in [0.25, 0.3) is 0 Å². The zero-order valence-electron chi connectivity index (χ0n) is 55.6. The van der Waals surface area contributed by atoms with Crippen LogP contribution in [0.4, 0.5) is 0 Å². The summed E-state index contributed by atoms with van der Waals surface area (Å²) in [5.74, 6) is -8.61. The zero-order chi connectivity index (χ0) is 70.9. The van der Waals surface area contributed by atoms with Gasteiger partial charge in [0, 0.05) is 66.7 Å². The van der Waals surface area contributed by atoms with Crippen LogP contribution in [0.3, 0.4) is 0 Å². The maximum absolute atomic E-state index is 15.2. The summed E-state index contributed by atoms with van der Waals surface area (Å²) in [4.78, 5) is 147. The normalized spacial score (nSPS) is 14.4. The summed E-state index contributed by atoms with van der Waals surface area (Å²) in [7, 11) is 0. The molecule has 0 aliphatic heterocycles. The van der Waals surface area contributed by atoms with Crippen molar-refractivity contribution in [2.24, 2.45) is 78.4 Å². The summed E-state index contributed by atoms with van der Waals surface area (Å²) >= 11 is 0. The Labute approximate surface area is 559 Å². The molecule has 0 saturated carbocycles. The number of fused-ring (bicyclic) bond motifs is 2. The lowest BCUT2D eigenvalue weighted by molar-refractivity contribution is -0.143. The molecule has 0 unspecified atom stereocenters. The van der Waals surface area contributed by atoms with Crippen LogP contribution in [0.2, 0.25) is 0 Å². The molecule has 10 atom stereocenters. The van der Waals surface area contributed by atoms with Crippen LogP contribution in [0.15, 0.2) is 75.9 Å². The number of carboxylic acid groups (broad SMARTS) is 1. The van der Waals surface area contributed by atoms with E-state index < -0.39 is 108 Å². The third-order valence-corrected chi connectivity index (χ3v) is 16.2. The predicted octanol–water partition coefficient (Wildman–Crippen LogP) is -1.76. The van der Waals surface area contributed by atoms with Crippen molar-refractivity contribution in [1.82, 2.24) is 52.5 Å². The van der Waals surface area contributed by atoms with Gasteiger partial charge in [0.15, 0.2) is 17.9 Å². The summed E-state index contributed by atoms with van der Waals surface area (Å²) in [5, 5.41) is 33.5. The number of aliphatic carboxylic acids is 1. The summed E-state index contributed by atoms with van der Waals surface area (Å²) in [6.07, 6.45) is 5.61. The molecule has 2 aromatic carbocycles. The number of aromatic nitrogens is 2. The van der Waals surface area contributed by atoms with Crippen LogP contribution in [0.5, 0.6) is 0 Å². The number of carbonyl (C=O) groups is 9. The first-order chi connectivity index (χ1) is 45.8. The molecule has 32 nitrogen and oxygen atoms in total. The number of carbonyl (C=O) groups excluding carboxylic acids is 8. The highest BCUT2D eigenvalue weighted by Gasteiger charge is 2.36. The van der Waals surface area contributed by atoms with E-state index in [1.165, 1.54) is 0 Å². The molecule has 29 N–H and O–H groups in total. The van der Waals surface area contributed by atoms with Crippen molar-refractivity contribution in [3.8, 4) is 0 Å². The van der Waals surface area contributed by atoms with Gasteiger partial charge in [0.2, 0.25) is 47.3 Å². The number of hydrogen-bond donors (Lipinski definition) is 20. The predicted molar refractivity (Wildman–Crippen MR) is 370 cm³/mol. The van der Waals surface area contributed by atoms with E-state index in [9.17, 15) is 38.7 Å². The van der Waals surface area contributed by atoms with Crippen LogP contribution < -0.4 is 94.1 Å². The van der Waals surface area contributed by atoms with Gasteiger partial charge < -0.3 is 109 Å². The first-order valence-electron chi connectivity index (χ1n) is 32.8. The zero-order valence-corrected chi connectivity index (χ0v) is 55.6. The van der Waals surface area contributed by atoms with Crippen LogP contribution in [-0.2, 0) is 56.0 Å². The smallest absolute Gasteiger partial charge is 0.326 e. The van der Waals surface area contributed by atoms with Crippen molar-refractivity contribution in [3.63, 3.8) is 0 Å². The molecule has 8 amide bonds. The molecule has 4 rings (SSSR count). The third kappa shape index (κ3) is 27.0. The number of H-pyrrole nitrogens is 2. The second-order valence-electron chi connectivity index (χ2n) is 24.4. The van der Waals surface area contributed by atoms with Crippen LogP contribution in [-0.4, -0.2) is 173 Å². The van der Waals surface area contributed by atoms with Crippen molar-refractivity contribution >= 4 is 92.9 Å². The molecular formula is C64H104N22O10. The van der Waals surface area contributed by atoms with E-state index in [1.807, 2.05) is 50.2 Å². The van der Waals surface area contributed by atoms with E-state index in [-0.39, 0.29) is 133 Å². The highest BCUT2D eigenvalue weighted by molar-refractivity contribution is 5.99. The third-order valence-electron chi connectivity index (χ3n) is 16.2. The maximum atomic E-state index is 15.2. The number of hydrogen-bond acceptors (Lipinski definition) is 15. The number of rotatable bonds is 45. The van der Waals surface area contributed by atoms with Gasteiger partial charge in [-0.25, -0.2) is 4.79 Å². The van der Waals surface area contributed by atoms with Crippen LogP contribution in [0, 0.1) is 11.8 Å². The Morgan fingerprint density at radius 2 is 0.740 bits per heavy atom. The lowest BCUT2D eigenvalue weighted by atomic mass is 9.98. The summed E-state index contributed by atoms with van der Waals surface area (Å²) in [5.41, 5.74) is 54.6. The number of nitrogens with two attached hydrogens (primary N) is 9. The van der Waals surface area contributed by atoms with E-state index in [0.717, 1.165) is 10.9 Å². The van der Waals surface area contributed by atoms with Crippen molar-refractivity contribution < 1.29 is 48.3 Å². The number of nitrogens with zero attached hydrogens (tertiary/aromatic N) is 3. The number of para-hydroxylation sites is 2. The van der Waals surface area contributed by atoms with Crippen molar-refractivity contribution in [3.05, 3.63) is 72.1 Å². The fourth-order valence-electron chi connectivity index (χ4n) is 10.7. The van der Waals surface area contributed by atoms with E-state index in [1.54, 1.807) is 38.4 Å². The fourth-order valence-corrected chi connectivity index (χ4v) is 10.7. The molecule has 0 aliphatic carbocycles. The molecule has 0 aliphatic rings. The second-order valence-corrected chi connectivity index (χ2v) is 24.4. The van der Waals surface area contributed by atoms with Gasteiger partial charge in [-0.05, 0) is 132 Å². The van der Waals surface area contributed by atoms with E-state index in [2.05, 4.69) is 67.5 Å². The Bertz CT molecular complexity index is 3260. The molecule has 0 spiro atoms. The van der Waals surface area contributed by atoms with E-state index in [0.29, 0.717) is 54.1 Å². The summed E-state index contributed by atoms with van der Waals surface area (Å²) in [6, 6.07) is 2.81. The molecule has 0 radical (unpaired) electrons. The molecule has 530 valence electrons. The minimum Gasteiger partial charge on any atom is -0.480 e. The largest absolute Gasteiger partial charge is 0.480 e. The highest BCUT2D eigenvalue weighted by Crippen LogP contribution is 2.22. The van der Waals surface area contributed by atoms with Gasteiger partial charge in [0.1, 0.15) is 48.3 Å². The number of guanidine groups is 3. The molecule has 0 bridgehead atoms. The number of carboxylic acids is 1. The van der Waals surface area contributed by atoms with Gasteiger partial charge >= 0.3 is 5.97 Å². The van der Waals surface area contributed by atoms with Crippen molar-refractivity contribution in [2.45, 2.75) is 185 Å². The number of benzene rings is 2. The molecule has 96 heavy (non-hydrogen) atoms. The van der Waals surface area contributed by atoms with Gasteiger partial charge in [-0.3, -0.25) is 53.3 Å². The van der Waals surface area contributed by atoms with Crippen LogP contribution in [0.1, 0.15) is 129 Å². The molecule has 0 saturated heterocycles. The van der Waals surface area contributed by atoms with E-state index in [4.69, 9.17) is 51.6 Å². The molecule has 2 aromatic heterocycles. The maximum Gasteiger partial charge on any atom is 0.326 e. The lowest BCUT2D eigenvalue weighted by Gasteiger charge is -2.28. The standard InChI is InChI=1S/C64H104N22O10/c1-5-37(4)52(67)60(94)85-50(33-39-35-78-43-20-9-7-18-41(39)43)59(93)82-45(22-11-13-27-66)54(88)80-47(24-15-29-75-63(70)71)56(90)84-49(32-38-34-77-42-19-8-6-17-40(38)42)58(92)83-46(23-14-28-74-62(68)69)55(89)79-44(21-10-12-26-65)53(87)81-48(25-16-30-76-64(72)73)57(91)86-51(61(95)96)31-36(2)3/h6-9,17-20,34-37,44-52,77-78H,5,10-16,21-33,65-67H2,1-4H3,(H,79,89)(H,80,88)(H,81,87)(H,82,93)(H,83,92)(H,84,90)(H,85,94)(H,86,91)(H,95,96)(H4,68,69,74)(H4,70,71,75)(H4,72,73,76)/t37-,44-,45-,46-,47-,48-,49-,50-,51-,52-/m0/s1. The first kappa shape index (κ1) is 78.9. The molecule has 4 aromatic rings. The Morgan fingerprint density at radius 1 is 0.438 bits per heavy atom. The topological polar surface area (TPSA) is 573 Å². The number of unbranched alkanes of at least 4 members (excludes halogenated alkanes) is 2. The Balaban J connectivity index is 1.75. The minimum absolute atomic E-state index is 0.000771. The molecule has 2 heterocycles. The highest BCUT2D eigenvalue weighted by atomic mass is 16.4. The number of aliphatic imine (C=N–C) groups is 3. The van der Waals surface area contributed by atoms with Crippen molar-refractivity contribution in [1.29, 1.82) is 0 Å². The Hall–Kier alpha value is -9.56. The fraction of sp³-hybridized carbons (Fsp3) is 0.562. The van der Waals surface area contributed by atoms with Crippen molar-refractivity contribution in [2.75, 3.05) is 32.7 Å². The lowest BCUT2D eigenvalue weighted by Crippen LogP contribution is -2.61. The van der Waals surface area contributed by atoms with Gasteiger partial charge in [-0.1, -0.05) is 70.5 Å².